The van der Waals surface area contributed by atoms with Crippen molar-refractivity contribution in [3.8, 4) is 0 Å². The first kappa shape index (κ1) is 12.2. The fourth-order valence-electron chi connectivity index (χ4n) is 2.08. The van der Waals surface area contributed by atoms with E-state index in [1.54, 1.807) is 6.92 Å². The number of aromatic nitrogens is 1. The fraction of sp³-hybridized carbons (Fsp3) is 0.0667. The Bertz CT molecular complexity index is 799. The van der Waals surface area contributed by atoms with Gasteiger partial charge in [-0.2, -0.15) is 0 Å². The summed E-state index contributed by atoms with van der Waals surface area (Å²) < 4.78 is 1.34. The minimum absolute atomic E-state index is 0.251. The molecule has 19 heavy (non-hydrogen) atoms. The van der Waals surface area contributed by atoms with Crippen LogP contribution in [0.4, 0.5) is 5.69 Å². The number of carbonyl (C=O) groups excluding carboxylic acids is 1. The molecule has 3 aromatic rings. The summed E-state index contributed by atoms with van der Waals surface area (Å²) >= 11 is -0.412. The van der Waals surface area contributed by atoms with Gasteiger partial charge in [0.15, 0.2) is 0 Å². The molecule has 0 aliphatic rings. The van der Waals surface area contributed by atoms with E-state index in [9.17, 15) is 4.79 Å². The second-order valence-corrected chi connectivity index (χ2v) is 7.32. The number of rotatable bonds is 2. The Hall–Kier alpha value is -1.86. The third-order valence-electron chi connectivity index (χ3n) is 2.91. The Morgan fingerprint density at radius 1 is 1.05 bits per heavy atom. The normalized spacial score (nSPS) is 11.6. The first-order valence-corrected chi connectivity index (χ1v) is 7.82. The Kier molecular flexibility index (Phi) is 3.00. The second kappa shape index (κ2) is 4.67. The quantitative estimate of drug-likeness (QED) is 0.446. The van der Waals surface area contributed by atoms with Crippen LogP contribution in [0.1, 0.15) is 6.92 Å². The van der Waals surface area contributed by atoms with Crippen molar-refractivity contribution in [1.82, 2.24) is 4.98 Å². The number of nitrogens with zero attached hydrogens (tertiary/aromatic N) is 1. The van der Waals surface area contributed by atoms with Gasteiger partial charge in [-0.15, -0.1) is 0 Å². The average Bonchev–Trinajstić information content (AvgIpc) is 2.35. The Labute approximate surface area is 117 Å². The second-order valence-electron chi connectivity index (χ2n) is 4.45. The van der Waals surface area contributed by atoms with Gasteiger partial charge in [0, 0.05) is 0 Å². The zero-order valence-electron chi connectivity index (χ0n) is 10.4. The molecule has 0 saturated heterocycles. The Balaban J connectivity index is 2.21. The molecule has 0 unspecified atom stereocenters. The summed E-state index contributed by atoms with van der Waals surface area (Å²) in [7, 11) is 0. The number of nitrogen functional groups attached to an aromatic ring is 1. The van der Waals surface area contributed by atoms with E-state index < -0.39 is 15.8 Å². The molecule has 2 aromatic carbocycles. The van der Waals surface area contributed by atoms with Crippen LogP contribution < -0.4 is 10.1 Å². The summed E-state index contributed by atoms with van der Waals surface area (Å²) in [5.41, 5.74) is 8.31. The molecule has 1 radical (unpaired) electrons. The first-order chi connectivity index (χ1) is 9.11. The van der Waals surface area contributed by atoms with Gasteiger partial charge in [0.25, 0.3) is 0 Å². The van der Waals surface area contributed by atoms with Crippen LogP contribution in [0.25, 0.3) is 21.8 Å². The molecule has 93 valence electrons. The molecular formula is C15H12AsN2O. The molecule has 1 aromatic heterocycles. The number of pyridine rings is 1. The van der Waals surface area contributed by atoms with Crippen molar-refractivity contribution >= 4 is 52.2 Å². The number of nitrogens with two attached hydrogens (primary N) is 1. The molecule has 0 atom stereocenters. The fourth-order valence-corrected chi connectivity index (χ4v) is 3.55. The molecule has 0 fully saturated rings. The molecule has 0 spiro atoms. The van der Waals surface area contributed by atoms with Crippen LogP contribution >= 0.6 is 0 Å². The first-order valence-electron chi connectivity index (χ1n) is 5.94. The van der Waals surface area contributed by atoms with E-state index in [1.165, 1.54) is 0 Å². The van der Waals surface area contributed by atoms with Crippen LogP contribution in [0.2, 0.25) is 0 Å². The topological polar surface area (TPSA) is 56.0 Å². The van der Waals surface area contributed by atoms with Crippen LogP contribution in [0.3, 0.4) is 0 Å². The molecule has 2 N–H and O–H groups in total. The van der Waals surface area contributed by atoms with Gasteiger partial charge in [-0.1, -0.05) is 0 Å². The van der Waals surface area contributed by atoms with Crippen LogP contribution in [-0.4, -0.2) is 25.3 Å². The van der Waals surface area contributed by atoms with Crippen molar-refractivity contribution in [3.63, 3.8) is 0 Å². The summed E-state index contributed by atoms with van der Waals surface area (Å²) in [6.07, 6.45) is 0. The van der Waals surface area contributed by atoms with E-state index in [-0.39, 0.29) is 4.57 Å². The predicted octanol–water partition coefficient (Wildman–Crippen LogP) is 1.85. The summed E-state index contributed by atoms with van der Waals surface area (Å²) in [5.74, 6) is 0. The van der Waals surface area contributed by atoms with Gasteiger partial charge in [0.2, 0.25) is 0 Å². The third-order valence-corrected chi connectivity index (χ3v) is 4.69. The van der Waals surface area contributed by atoms with Gasteiger partial charge in [-0.05, 0) is 0 Å². The van der Waals surface area contributed by atoms with Crippen LogP contribution in [0, 0.1) is 0 Å². The SMILES string of the molecule is CC(=O)[As]c1ccc2cc3ccc(N)cc3nc2c1. The van der Waals surface area contributed by atoms with Crippen molar-refractivity contribution in [2.24, 2.45) is 0 Å². The van der Waals surface area contributed by atoms with Crippen molar-refractivity contribution < 1.29 is 4.79 Å². The zero-order chi connectivity index (χ0) is 13.4. The van der Waals surface area contributed by atoms with E-state index >= 15 is 0 Å². The van der Waals surface area contributed by atoms with E-state index in [1.807, 2.05) is 36.4 Å². The molecule has 0 aliphatic carbocycles. The molecule has 0 bridgehead atoms. The third kappa shape index (κ3) is 2.47. The minimum atomic E-state index is -0.412. The number of fused-ring (bicyclic) bond motifs is 2. The van der Waals surface area contributed by atoms with Gasteiger partial charge in [-0.25, -0.2) is 0 Å². The van der Waals surface area contributed by atoms with Gasteiger partial charge in [0.05, 0.1) is 0 Å². The van der Waals surface area contributed by atoms with Crippen LogP contribution in [0.15, 0.2) is 42.5 Å². The molecule has 0 aliphatic heterocycles. The predicted molar refractivity (Wildman–Crippen MR) is 79.7 cm³/mol. The average molecular weight is 311 g/mol. The van der Waals surface area contributed by atoms with Crippen LogP contribution in [0.5, 0.6) is 0 Å². The van der Waals surface area contributed by atoms with Crippen molar-refractivity contribution in [2.45, 2.75) is 6.92 Å². The number of benzene rings is 2. The monoisotopic (exact) mass is 311 g/mol. The van der Waals surface area contributed by atoms with Gasteiger partial charge >= 0.3 is 117 Å². The molecule has 1 heterocycles. The van der Waals surface area contributed by atoms with Gasteiger partial charge < -0.3 is 0 Å². The number of hydrogen-bond acceptors (Lipinski definition) is 3. The van der Waals surface area contributed by atoms with E-state index in [0.29, 0.717) is 5.69 Å². The van der Waals surface area contributed by atoms with Crippen molar-refractivity contribution in [2.75, 3.05) is 5.73 Å². The molecule has 0 saturated carbocycles. The standard InChI is InChI=1S/C15H12AsN2O/c1-9(19)16-12-4-2-10-6-11-3-5-13(17)8-15(11)18-14(10)7-12/h2-8H,17H2,1H3. The number of carbonyl (C=O) groups is 1. The maximum absolute atomic E-state index is 11.2. The van der Waals surface area contributed by atoms with E-state index in [2.05, 4.69) is 11.1 Å². The molecule has 3 nitrogen and oxygen atoms in total. The Morgan fingerprint density at radius 2 is 1.74 bits per heavy atom. The van der Waals surface area contributed by atoms with Gasteiger partial charge in [0.1, 0.15) is 0 Å². The molecule has 4 heteroatoms. The van der Waals surface area contributed by atoms with Crippen LogP contribution in [-0.2, 0) is 4.79 Å². The molecular weight excluding hydrogens is 299 g/mol. The molecule has 0 amide bonds. The van der Waals surface area contributed by atoms with Crippen molar-refractivity contribution in [1.29, 1.82) is 0 Å². The van der Waals surface area contributed by atoms with Gasteiger partial charge in [-0.3, -0.25) is 0 Å². The zero-order valence-corrected chi connectivity index (χ0v) is 12.3. The number of anilines is 1. The summed E-state index contributed by atoms with van der Waals surface area (Å²) in [4.78, 5) is 15.8. The van der Waals surface area contributed by atoms with E-state index in [4.69, 9.17) is 5.73 Å². The maximum atomic E-state index is 11.2. The summed E-state index contributed by atoms with van der Waals surface area (Å²) in [5, 5.41) is 2.17. The summed E-state index contributed by atoms with van der Waals surface area (Å²) in [6.45, 7) is 1.64. The number of hydrogen-bond donors (Lipinski definition) is 1. The molecule has 3 rings (SSSR count). The van der Waals surface area contributed by atoms with Crippen molar-refractivity contribution in [3.05, 3.63) is 42.5 Å². The van der Waals surface area contributed by atoms with E-state index in [0.717, 1.165) is 26.2 Å². The Morgan fingerprint density at radius 3 is 2.47 bits per heavy atom. The summed E-state index contributed by atoms with van der Waals surface area (Å²) in [6, 6.07) is 13.9.